The van der Waals surface area contributed by atoms with Crippen molar-refractivity contribution in [2.24, 2.45) is 7.05 Å². The lowest BCUT2D eigenvalue weighted by Crippen LogP contribution is -2.38. The van der Waals surface area contributed by atoms with Crippen LogP contribution in [0.3, 0.4) is 0 Å². The summed E-state index contributed by atoms with van der Waals surface area (Å²) in [5.74, 6) is -0.137. The number of hydrogen-bond donors (Lipinski definition) is 0. The van der Waals surface area contributed by atoms with Gasteiger partial charge in [0.1, 0.15) is 0 Å². The lowest BCUT2D eigenvalue weighted by Gasteiger charge is -2.33. The van der Waals surface area contributed by atoms with Gasteiger partial charge in [-0.05, 0) is 43.7 Å². The summed E-state index contributed by atoms with van der Waals surface area (Å²) in [6.45, 7) is 2.26. The number of nitrogens with zero attached hydrogens (tertiary/aromatic N) is 4. The zero-order valence-corrected chi connectivity index (χ0v) is 18.1. The van der Waals surface area contributed by atoms with Crippen molar-refractivity contribution >= 4 is 16.8 Å². The van der Waals surface area contributed by atoms with E-state index in [2.05, 4.69) is 10.1 Å². The standard InChI is InChI=1S/C25H21F3N4O/c1-15-22-19(23(31(2)30-22)18-7-3-4-8-20(18)25(26,27)28)11-13-32(15)24(33)17-9-10-21-16(14-17)6-5-12-29-21/h3-10,12,14-15H,11,13H2,1-2H3/t15-/m0/s1. The molecule has 4 aromatic rings. The van der Waals surface area contributed by atoms with Crippen molar-refractivity contribution in [3.63, 3.8) is 0 Å². The predicted molar refractivity (Wildman–Crippen MR) is 119 cm³/mol. The van der Waals surface area contributed by atoms with Crippen LogP contribution in [0, 0.1) is 0 Å². The molecule has 0 aliphatic carbocycles. The summed E-state index contributed by atoms with van der Waals surface area (Å²) < 4.78 is 42.5. The van der Waals surface area contributed by atoms with Gasteiger partial charge in [0, 0.05) is 41.9 Å². The molecule has 3 heterocycles. The van der Waals surface area contributed by atoms with E-state index in [1.807, 2.05) is 31.2 Å². The van der Waals surface area contributed by atoms with Crippen LogP contribution in [0.4, 0.5) is 13.2 Å². The molecule has 168 valence electrons. The van der Waals surface area contributed by atoms with Crippen molar-refractivity contribution in [2.45, 2.75) is 25.6 Å². The van der Waals surface area contributed by atoms with Crippen molar-refractivity contribution in [1.82, 2.24) is 19.7 Å². The number of carbonyl (C=O) groups is 1. The summed E-state index contributed by atoms with van der Waals surface area (Å²) in [6.07, 6.45) is -2.34. The second-order valence-corrected chi connectivity index (χ2v) is 8.21. The average Bonchev–Trinajstić information content (AvgIpc) is 3.14. The summed E-state index contributed by atoms with van der Waals surface area (Å²) in [4.78, 5) is 19.3. The Hall–Kier alpha value is -3.68. The van der Waals surface area contributed by atoms with Crippen LogP contribution in [0.25, 0.3) is 22.2 Å². The zero-order valence-electron chi connectivity index (χ0n) is 18.1. The van der Waals surface area contributed by atoms with Gasteiger partial charge in [-0.1, -0.05) is 24.3 Å². The van der Waals surface area contributed by atoms with E-state index in [1.54, 1.807) is 30.3 Å². The molecule has 0 unspecified atom stereocenters. The highest BCUT2D eigenvalue weighted by molar-refractivity contribution is 5.98. The van der Waals surface area contributed by atoms with Crippen molar-refractivity contribution in [3.8, 4) is 11.3 Å². The van der Waals surface area contributed by atoms with Gasteiger partial charge in [0.05, 0.1) is 28.5 Å². The number of halogens is 3. The smallest absolute Gasteiger partial charge is 0.330 e. The molecule has 0 N–H and O–H groups in total. The second kappa shape index (κ2) is 7.72. The molecule has 2 aromatic carbocycles. The highest BCUT2D eigenvalue weighted by Gasteiger charge is 2.37. The Balaban J connectivity index is 1.52. The highest BCUT2D eigenvalue weighted by atomic mass is 19.4. The predicted octanol–water partition coefficient (Wildman–Crippen LogP) is 5.41. The summed E-state index contributed by atoms with van der Waals surface area (Å²) in [6, 6.07) is 14.3. The fourth-order valence-corrected chi connectivity index (χ4v) is 4.67. The number of alkyl halides is 3. The van der Waals surface area contributed by atoms with E-state index >= 15 is 0 Å². The van der Waals surface area contributed by atoms with E-state index < -0.39 is 11.7 Å². The number of rotatable bonds is 2. The number of benzene rings is 2. The minimum Gasteiger partial charge on any atom is -0.330 e. The van der Waals surface area contributed by atoms with Gasteiger partial charge in [0.2, 0.25) is 0 Å². The van der Waals surface area contributed by atoms with Crippen molar-refractivity contribution in [2.75, 3.05) is 6.54 Å². The number of aryl methyl sites for hydroxylation is 1. The molecule has 0 radical (unpaired) electrons. The molecular weight excluding hydrogens is 429 g/mol. The molecule has 2 aromatic heterocycles. The van der Waals surface area contributed by atoms with Gasteiger partial charge < -0.3 is 4.90 Å². The Morgan fingerprint density at radius 3 is 2.67 bits per heavy atom. The number of aromatic nitrogens is 3. The highest BCUT2D eigenvalue weighted by Crippen LogP contribution is 2.41. The van der Waals surface area contributed by atoms with Crippen molar-refractivity contribution < 1.29 is 18.0 Å². The van der Waals surface area contributed by atoms with Crippen LogP contribution in [0.2, 0.25) is 0 Å². The maximum Gasteiger partial charge on any atom is 0.417 e. The van der Waals surface area contributed by atoms with Gasteiger partial charge in [0.25, 0.3) is 5.91 Å². The lowest BCUT2D eigenvalue weighted by atomic mass is 9.93. The monoisotopic (exact) mass is 450 g/mol. The number of carbonyl (C=O) groups excluding carboxylic acids is 1. The van der Waals surface area contributed by atoms with E-state index in [1.165, 1.54) is 16.8 Å². The molecule has 0 fully saturated rings. The molecule has 0 spiro atoms. The van der Waals surface area contributed by atoms with E-state index in [9.17, 15) is 18.0 Å². The quantitative estimate of drug-likeness (QED) is 0.410. The van der Waals surface area contributed by atoms with Crippen LogP contribution in [0.5, 0.6) is 0 Å². The number of amides is 1. The zero-order chi connectivity index (χ0) is 23.3. The fourth-order valence-electron chi connectivity index (χ4n) is 4.67. The summed E-state index contributed by atoms with van der Waals surface area (Å²) in [5.41, 5.74) is 2.61. The van der Waals surface area contributed by atoms with Gasteiger partial charge in [-0.2, -0.15) is 18.3 Å². The first-order chi connectivity index (χ1) is 15.8. The number of pyridine rings is 1. The van der Waals surface area contributed by atoms with Crippen molar-refractivity contribution in [1.29, 1.82) is 0 Å². The third kappa shape index (κ3) is 3.55. The first-order valence-electron chi connectivity index (χ1n) is 10.6. The van der Waals surface area contributed by atoms with Crippen LogP contribution in [0.1, 0.15) is 40.1 Å². The lowest BCUT2D eigenvalue weighted by molar-refractivity contribution is -0.137. The molecule has 1 aliphatic rings. The molecule has 0 bridgehead atoms. The molecule has 1 amide bonds. The Bertz CT molecular complexity index is 1380. The Labute approximate surface area is 188 Å². The normalized spacial score (nSPS) is 16.2. The molecule has 33 heavy (non-hydrogen) atoms. The second-order valence-electron chi connectivity index (χ2n) is 8.21. The largest absolute Gasteiger partial charge is 0.417 e. The molecule has 8 heteroatoms. The SMILES string of the molecule is C[C@H]1c2nn(C)c(-c3ccccc3C(F)(F)F)c2CCN1C(=O)c1ccc2ncccc2c1. The molecular formula is C25H21F3N4O. The molecule has 1 aliphatic heterocycles. The Kier molecular flexibility index (Phi) is 4.96. The maximum absolute atomic E-state index is 13.7. The number of fused-ring (bicyclic) bond motifs is 2. The first kappa shape index (κ1) is 21.2. The van der Waals surface area contributed by atoms with Crippen LogP contribution < -0.4 is 0 Å². The summed E-state index contributed by atoms with van der Waals surface area (Å²) in [5, 5.41) is 5.43. The number of hydrogen-bond acceptors (Lipinski definition) is 3. The summed E-state index contributed by atoms with van der Waals surface area (Å²) >= 11 is 0. The van der Waals surface area contributed by atoms with E-state index in [-0.39, 0.29) is 17.5 Å². The van der Waals surface area contributed by atoms with Gasteiger partial charge >= 0.3 is 6.18 Å². The minimum atomic E-state index is -4.47. The first-order valence-corrected chi connectivity index (χ1v) is 10.6. The van der Waals surface area contributed by atoms with Gasteiger partial charge in [-0.25, -0.2) is 0 Å². The van der Waals surface area contributed by atoms with E-state index in [0.29, 0.717) is 29.9 Å². The van der Waals surface area contributed by atoms with Gasteiger partial charge in [-0.3, -0.25) is 14.5 Å². The topological polar surface area (TPSA) is 51.0 Å². The molecule has 5 nitrogen and oxygen atoms in total. The molecule has 5 rings (SSSR count). The van der Waals surface area contributed by atoms with E-state index in [0.717, 1.165) is 22.5 Å². The van der Waals surface area contributed by atoms with Gasteiger partial charge in [-0.15, -0.1) is 0 Å². The van der Waals surface area contributed by atoms with E-state index in [4.69, 9.17) is 0 Å². The van der Waals surface area contributed by atoms with Crippen LogP contribution in [0.15, 0.2) is 60.8 Å². The maximum atomic E-state index is 13.7. The molecule has 0 saturated heterocycles. The third-order valence-corrected chi connectivity index (χ3v) is 6.24. The van der Waals surface area contributed by atoms with Gasteiger partial charge in [0.15, 0.2) is 0 Å². The molecule has 1 atom stereocenters. The average molecular weight is 450 g/mol. The van der Waals surface area contributed by atoms with Crippen molar-refractivity contribution in [3.05, 3.63) is 83.2 Å². The Morgan fingerprint density at radius 2 is 1.88 bits per heavy atom. The molecule has 0 saturated carbocycles. The van der Waals surface area contributed by atoms with Crippen LogP contribution >= 0.6 is 0 Å². The van der Waals surface area contributed by atoms with Crippen LogP contribution in [-0.2, 0) is 19.6 Å². The summed E-state index contributed by atoms with van der Waals surface area (Å²) in [7, 11) is 1.65. The Morgan fingerprint density at radius 1 is 1.09 bits per heavy atom. The minimum absolute atomic E-state index is 0.107. The fraction of sp³-hybridized carbons (Fsp3) is 0.240. The van der Waals surface area contributed by atoms with Crippen LogP contribution in [-0.4, -0.2) is 32.1 Å². The third-order valence-electron chi connectivity index (χ3n) is 6.24.